The maximum Gasteiger partial charge on any atom is 0.261 e. The lowest BCUT2D eigenvalue weighted by Crippen LogP contribution is -2.36. The Hall–Kier alpha value is -2.17. The lowest BCUT2D eigenvalue weighted by molar-refractivity contribution is -0.133. The Labute approximate surface area is 126 Å². The molecule has 0 saturated carbocycles. The van der Waals surface area contributed by atoms with Gasteiger partial charge in [-0.05, 0) is 18.2 Å². The average molecular weight is 302 g/mol. The second-order valence-electron chi connectivity index (χ2n) is 4.94. The highest BCUT2D eigenvalue weighted by molar-refractivity contribution is 6.34. The molecule has 1 heterocycles. The van der Waals surface area contributed by atoms with Crippen LogP contribution in [0.15, 0.2) is 48.5 Å². The summed E-state index contributed by atoms with van der Waals surface area (Å²) in [5.74, 6) is -0.973. The normalized spacial score (nSPS) is 20.0. The molecule has 0 fully saturated rings. The number of rotatable bonds is 3. The van der Waals surface area contributed by atoms with Gasteiger partial charge < -0.3 is 10.4 Å². The van der Waals surface area contributed by atoms with Crippen molar-refractivity contribution in [1.82, 2.24) is 0 Å². The first-order valence-corrected chi connectivity index (χ1v) is 6.81. The number of fused-ring (bicyclic) bond motifs is 1. The van der Waals surface area contributed by atoms with E-state index in [0.717, 1.165) is 0 Å². The van der Waals surface area contributed by atoms with Crippen LogP contribution in [0, 0.1) is 0 Å². The number of amides is 1. The smallest absolute Gasteiger partial charge is 0.261 e. The Morgan fingerprint density at radius 1 is 1.14 bits per heavy atom. The molecule has 106 valence electrons. The van der Waals surface area contributed by atoms with Gasteiger partial charge in [0.2, 0.25) is 0 Å². The lowest BCUT2D eigenvalue weighted by atomic mass is 9.88. The number of hydrogen-bond acceptors (Lipinski definition) is 3. The topological polar surface area (TPSA) is 66.4 Å². The zero-order valence-electron chi connectivity index (χ0n) is 11.0. The number of halogens is 1. The second kappa shape index (κ2) is 4.98. The molecule has 0 aromatic heterocycles. The Balaban J connectivity index is 1.96. The van der Waals surface area contributed by atoms with Crippen molar-refractivity contribution in [3.8, 4) is 0 Å². The van der Waals surface area contributed by atoms with E-state index in [1.165, 1.54) is 0 Å². The van der Waals surface area contributed by atoms with Gasteiger partial charge in [-0.25, -0.2) is 0 Å². The molecule has 1 atom stereocenters. The van der Waals surface area contributed by atoms with Crippen LogP contribution in [-0.2, 0) is 10.4 Å². The van der Waals surface area contributed by atoms with E-state index in [0.29, 0.717) is 21.8 Å². The Morgan fingerprint density at radius 2 is 1.81 bits per heavy atom. The number of carbonyl (C=O) groups is 2. The number of anilines is 1. The molecular formula is C16H12ClNO3. The van der Waals surface area contributed by atoms with Gasteiger partial charge in [0.05, 0.1) is 11.4 Å². The third kappa shape index (κ3) is 2.22. The molecular weight excluding hydrogens is 290 g/mol. The number of hydrogen-bond donors (Lipinski definition) is 2. The van der Waals surface area contributed by atoms with Gasteiger partial charge in [-0.15, -0.1) is 0 Å². The standard InChI is InChI=1S/C16H12ClNO3/c17-12-7-3-1-5-10(12)14(19)9-16(21)11-6-2-4-8-13(11)18-15(16)20/h1-8,21H,9H2,(H,18,20)/t16-/m0/s1. The maximum atomic E-state index is 12.4. The van der Waals surface area contributed by atoms with Crippen molar-refractivity contribution in [1.29, 1.82) is 0 Å². The number of carbonyl (C=O) groups excluding carboxylic acids is 2. The van der Waals surface area contributed by atoms with Crippen molar-refractivity contribution in [2.45, 2.75) is 12.0 Å². The van der Waals surface area contributed by atoms with Crippen LogP contribution in [-0.4, -0.2) is 16.8 Å². The van der Waals surface area contributed by atoms with Crippen LogP contribution >= 0.6 is 11.6 Å². The fourth-order valence-electron chi connectivity index (χ4n) is 2.49. The number of ketones is 1. The third-order valence-electron chi connectivity index (χ3n) is 3.59. The van der Waals surface area contributed by atoms with Crippen LogP contribution in [0.4, 0.5) is 5.69 Å². The highest BCUT2D eigenvalue weighted by atomic mass is 35.5. The fourth-order valence-corrected chi connectivity index (χ4v) is 2.73. The summed E-state index contributed by atoms with van der Waals surface area (Å²) in [7, 11) is 0. The monoisotopic (exact) mass is 301 g/mol. The quantitative estimate of drug-likeness (QED) is 0.857. The highest BCUT2D eigenvalue weighted by Gasteiger charge is 2.46. The molecule has 0 radical (unpaired) electrons. The van der Waals surface area contributed by atoms with Crippen molar-refractivity contribution < 1.29 is 14.7 Å². The second-order valence-corrected chi connectivity index (χ2v) is 5.35. The molecule has 2 aromatic carbocycles. The van der Waals surface area contributed by atoms with E-state index in [1.807, 2.05) is 0 Å². The lowest BCUT2D eigenvalue weighted by Gasteiger charge is -2.20. The van der Waals surface area contributed by atoms with Crippen molar-refractivity contribution in [3.63, 3.8) is 0 Å². The molecule has 1 aliphatic rings. The first kappa shape index (κ1) is 13.8. The third-order valence-corrected chi connectivity index (χ3v) is 3.92. The predicted molar refractivity (Wildman–Crippen MR) is 79.4 cm³/mol. The van der Waals surface area contributed by atoms with Gasteiger partial charge >= 0.3 is 0 Å². The Morgan fingerprint density at radius 3 is 2.57 bits per heavy atom. The Kier molecular flexibility index (Phi) is 3.27. The summed E-state index contributed by atoms with van der Waals surface area (Å²) >= 11 is 5.98. The molecule has 2 aromatic rings. The van der Waals surface area contributed by atoms with E-state index in [-0.39, 0.29) is 12.2 Å². The largest absolute Gasteiger partial charge is 0.375 e. The molecule has 5 heteroatoms. The summed E-state index contributed by atoms with van der Waals surface area (Å²) in [5.41, 5.74) is -0.621. The van der Waals surface area contributed by atoms with Gasteiger partial charge in [0.1, 0.15) is 0 Å². The molecule has 0 aliphatic carbocycles. The molecule has 1 aliphatic heterocycles. The minimum Gasteiger partial charge on any atom is -0.375 e. The van der Waals surface area contributed by atoms with Crippen LogP contribution in [0.2, 0.25) is 5.02 Å². The summed E-state index contributed by atoms with van der Waals surface area (Å²) in [6, 6.07) is 13.4. The summed E-state index contributed by atoms with van der Waals surface area (Å²) < 4.78 is 0. The summed E-state index contributed by atoms with van der Waals surface area (Å²) in [6.07, 6.45) is -0.348. The van der Waals surface area contributed by atoms with Crippen LogP contribution in [0.25, 0.3) is 0 Å². The molecule has 0 unspecified atom stereocenters. The SMILES string of the molecule is O=C(C[C@@]1(O)C(=O)Nc2ccccc21)c1ccccc1Cl. The van der Waals surface area contributed by atoms with Gasteiger partial charge in [0.25, 0.3) is 5.91 Å². The molecule has 0 bridgehead atoms. The van der Waals surface area contributed by atoms with E-state index in [4.69, 9.17) is 11.6 Å². The van der Waals surface area contributed by atoms with Crippen LogP contribution in [0.1, 0.15) is 22.3 Å². The molecule has 1 amide bonds. The van der Waals surface area contributed by atoms with Crippen LogP contribution in [0.3, 0.4) is 0 Å². The minimum atomic E-state index is -1.85. The molecule has 21 heavy (non-hydrogen) atoms. The average Bonchev–Trinajstić information content (AvgIpc) is 2.71. The van der Waals surface area contributed by atoms with Gasteiger partial charge in [0, 0.05) is 16.8 Å². The van der Waals surface area contributed by atoms with Crippen molar-refractivity contribution in [2.24, 2.45) is 0 Å². The summed E-state index contributed by atoms with van der Waals surface area (Å²) in [5, 5.41) is 13.5. The number of nitrogens with one attached hydrogen (secondary N) is 1. The number of aliphatic hydroxyl groups is 1. The number of para-hydroxylation sites is 1. The van der Waals surface area contributed by atoms with E-state index < -0.39 is 11.5 Å². The summed E-state index contributed by atoms with van der Waals surface area (Å²) in [4.78, 5) is 24.4. The summed E-state index contributed by atoms with van der Waals surface area (Å²) in [6.45, 7) is 0. The van der Waals surface area contributed by atoms with Crippen molar-refractivity contribution in [2.75, 3.05) is 5.32 Å². The number of benzene rings is 2. The van der Waals surface area contributed by atoms with E-state index in [2.05, 4.69) is 5.32 Å². The van der Waals surface area contributed by atoms with Gasteiger partial charge in [-0.2, -0.15) is 0 Å². The van der Waals surface area contributed by atoms with E-state index >= 15 is 0 Å². The molecule has 3 rings (SSSR count). The molecule has 0 saturated heterocycles. The van der Waals surface area contributed by atoms with Crippen LogP contribution < -0.4 is 5.32 Å². The highest BCUT2D eigenvalue weighted by Crippen LogP contribution is 2.39. The van der Waals surface area contributed by atoms with E-state index in [9.17, 15) is 14.7 Å². The first-order valence-electron chi connectivity index (χ1n) is 6.43. The first-order chi connectivity index (χ1) is 10.0. The van der Waals surface area contributed by atoms with Gasteiger partial charge in [-0.1, -0.05) is 41.9 Å². The fraction of sp³-hybridized carbons (Fsp3) is 0.125. The van der Waals surface area contributed by atoms with Crippen molar-refractivity contribution in [3.05, 3.63) is 64.7 Å². The zero-order valence-corrected chi connectivity index (χ0v) is 11.7. The van der Waals surface area contributed by atoms with E-state index in [1.54, 1.807) is 48.5 Å². The van der Waals surface area contributed by atoms with Gasteiger partial charge in [-0.3, -0.25) is 9.59 Å². The molecule has 2 N–H and O–H groups in total. The Bertz CT molecular complexity index is 744. The molecule has 0 spiro atoms. The van der Waals surface area contributed by atoms with Gasteiger partial charge in [0.15, 0.2) is 11.4 Å². The predicted octanol–water partition coefficient (Wildman–Crippen LogP) is 2.75. The van der Waals surface area contributed by atoms with Crippen molar-refractivity contribution >= 4 is 29.0 Å². The zero-order chi connectivity index (χ0) is 15.0. The van der Waals surface area contributed by atoms with Crippen LogP contribution in [0.5, 0.6) is 0 Å². The number of Topliss-reactive ketones (excluding diaryl/α,β-unsaturated/α-hetero) is 1. The molecule has 4 nitrogen and oxygen atoms in total. The minimum absolute atomic E-state index is 0.296. The maximum absolute atomic E-state index is 12.4.